The Bertz CT molecular complexity index is 880. The first-order valence-electron chi connectivity index (χ1n) is 12.4. The second-order valence-electron chi connectivity index (χ2n) is 8.38. The van der Waals surface area contributed by atoms with Crippen LogP contribution in [-0.4, -0.2) is 37.3 Å². The fraction of sp³-hybridized carbons (Fsp3) is 0.556. The van der Waals surface area contributed by atoms with Crippen molar-refractivity contribution in [2.45, 2.75) is 85.0 Å². The lowest BCUT2D eigenvalue weighted by Crippen LogP contribution is -2.22. The molecule has 2 N–H and O–H groups in total. The zero-order valence-corrected chi connectivity index (χ0v) is 24.3. The zero-order chi connectivity index (χ0) is 26.2. The van der Waals surface area contributed by atoms with Crippen molar-refractivity contribution in [2.24, 2.45) is 0 Å². The first kappa shape index (κ1) is 31.8. The van der Waals surface area contributed by atoms with Crippen molar-refractivity contribution < 1.29 is 29.2 Å². The van der Waals surface area contributed by atoms with Crippen LogP contribution < -0.4 is 0 Å². The van der Waals surface area contributed by atoms with Gasteiger partial charge in [0, 0.05) is 22.2 Å². The summed E-state index contributed by atoms with van der Waals surface area (Å²) in [5, 5.41) is 17.5. The van der Waals surface area contributed by atoms with E-state index in [4.69, 9.17) is 30.4 Å². The Labute approximate surface area is 237 Å². The van der Waals surface area contributed by atoms with Gasteiger partial charge in [0.15, 0.2) is 12.6 Å². The van der Waals surface area contributed by atoms with E-state index >= 15 is 0 Å². The molecule has 0 saturated carbocycles. The van der Waals surface area contributed by atoms with Crippen molar-refractivity contribution in [2.75, 3.05) is 13.2 Å². The molecule has 2 aromatic carbocycles. The van der Waals surface area contributed by atoms with Gasteiger partial charge in [-0.05, 0) is 72.9 Å². The monoisotopic (exact) mass is 651 g/mol. The highest BCUT2D eigenvalue weighted by atomic mass is 79.9. The van der Waals surface area contributed by atoms with Crippen LogP contribution in [0.25, 0.3) is 0 Å². The van der Waals surface area contributed by atoms with Gasteiger partial charge in [0.2, 0.25) is 0 Å². The predicted molar refractivity (Wildman–Crippen MR) is 155 cm³/mol. The molecule has 0 bridgehead atoms. The minimum absolute atomic E-state index is 0. The fourth-order valence-corrected chi connectivity index (χ4v) is 4.76. The van der Waals surface area contributed by atoms with Crippen molar-refractivity contribution in [1.82, 2.24) is 0 Å². The van der Waals surface area contributed by atoms with Crippen molar-refractivity contribution in [3.63, 3.8) is 0 Å². The third kappa shape index (κ3) is 11.5. The maximum atomic E-state index is 8.79. The molecule has 0 aliphatic carbocycles. The fourth-order valence-electron chi connectivity index (χ4n) is 3.67. The van der Waals surface area contributed by atoms with Gasteiger partial charge in [-0.15, -0.1) is 0 Å². The molecule has 4 rings (SSSR count). The smallest absolute Gasteiger partial charge is 0.158 e. The molecule has 2 aliphatic rings. The maximum Gasteiger partial charge on any atom is 0.158 e. The van der Waals surface area contributed by atoms with Crippen LogP contribution in [0.15, 0.2) is 45.3 Å². The number of benzene rings is 2. The molecule has 2 aliphatic heterocycles. The van der Waals surface area contributed by atoms with Gasteiger partial charge in [0.05, 0.1) is 27.7 Å². The molecule has 36 heavy (non-hydrogen) atoms. The summed E-state index contributed by atoms with van der Waals surface area (Å²) < 4.78 is 30.4. The van der Waals surface area contributed by atoms with Gasteiger partial charge in [-0.3, -0.25) is 0 Å². The number of aliphatic hydroxyl groups is 2. The Morgan fingerprint density at radius 3 is 1.81 bits per heavy atom. The van der Waals surface area contributed by atoms with E-state index in [1.165, 1.54) is 12.8 Å². The van der Waals surface area contributed by atoms with Gasteiger partial charge in [-0.2, -0.15) is 9.84 Å². The molecule has 6 nitrogen and oxygen atoms in total. The Kier molecular flexibility index (Phi) is 16.6. The summed E-state index contributed by atoms with van der Waals surface area (Å²) in [7, 11) is 1.67. The van der Waals surface area contributed by atoms with E-state index in [2.05, 4.69) is 50.1 Å². The number of halogens is 2. The van der Waals surface area contributed by atoms with Crippen molar-refractivity contribution >= 4 is 41.7 Å². The van der Waals surface area contributed by atoms with Crippen LogP contribution in [0, 0.1) is 0 Å². The van der Waals surface area contributed by atoms with Crippen molar-refractivity contribution in [3.05, 3.63) is 67.6 Å². The summed E-state index contributed by atoms with van der Waals surface area (Å²) in [6.45, 7) is 2.82. The Hall–Kier alpha value is -0.410. The Morgan fingerprint density at radius 1 is 0.778 bits per heavy atom. The quantitative estimate of drug-likeness (QED) is 0.311. The number of hydrogen-bond donors (Lipinski definition) is 2. The summed E-state index contributed by atoms with van der Waals surface area (Å²) in [6, 6.07) is 11.7. The molecular formula is C27H41Br2O6P. The molecule has 2 fully saturated rings. The number of aliphatic hydroxyl groups excluding tert-OH is 2. The van der Waals surface area contributed by atoms with E-state index in [0.29, 0.717) is 13.2 Å². The van der Waals surface area contributed by atoms with Gasteiger partial charge in [-0.1, -0.05) is 63.6 Å². The SMILES string of the molecule is Brc1cc(COC2CCCCO2)ccc1COC1CCCCO1.C.OCc1ccc(CO)c(Br)c1.[2H]P. The molecule has 0 radical (unpaired) electrons. The molecule has 3 unspecified atom stereocenters. The van der Waals surface area contributed by atoms with E-state index in [0.717, 1.165) is 70.1 Å². The van der Waals surface area contributed by atoms with Crippen LogP contribution in [0.2, 0.25) is 0 Å². The van der Waals surface area contributed by atoms with Crippen molar-refractivity contribution in [1.29, 1.82) is 1.28 Å². The zero-order valence-electron chi connectivity index (χ0n) is 21.0. The maximum absolute atomic E-state index is 8.79. The van der Waals surface area contributed by atoms with E-state index in [9.17, 15) is 0 Å². The Morgan fingerprint density at radius 2 is 1.31 bits per heavy atom. The third-order valence-electron chi connectivity index (χ3n) is 5.72. The molecule has 2 aromatic rings. The predicted octanol–water partition coefficient (Wildman–Crippen LogP) is 6.66. The normalized spacial score (nSPS) is 19.5. The van der Waals surface area contributed by atoms with Crippen LogP contribution in [0.1, 0.15) is 68.2 Å². The van der Waals surface area contributed by atoms with E-state index < -0.39 is 0 Å². The van der Waals surface area contributed by atoms with Crippen LogP contribution in [0.3, 0.4) is 0 Å². The molecule has 2 heterocycles. The van der Waals surface area contributed by atoms with Gasteiger partial charge in [0.25, 0.3) is 0 Å². The summed E-state index contributed by atoms with van der Waals surface area (Å²) in [5.41, 5.74) is 3.96. The molecule has 0 spiro atoms. The summed E-state index contributed by atoms with van der Waals surface area (Å²) in [6.07, 6.45) is 6.54. The number of rotatable bonds is 8. The van der Waals surface area contributed by atoms with Crippen LogP contribution in [-0.2, 0) is 45.4 Å². The average molecular weight is 653 g/mol. The average Bonchev–Trinajstić information content (AvgIpc) is 2.94. The molecular weight excluding hydrogens is 611 g/mol. The minimum Gasteiger partial charge on any atom is -0.392 e. The number of hydrogen-bond acceptors (Lipinski definition) is 6. The molecule has 204 valence electrons. The highest BCUT2D eigenvalue weighted by Crippen LogP contribution is 2.23. The highest BCUT2D eigenvalue weighted by Gasteiger charge is 2.16. The molecule has 0 amide bonds. The van der Waals surface area contributed by atoms with Crippen LogP contribution in [0.5, 0.6) is 0 Å². The topological polar surface area (TPSA) is 77.4 Å². The highest BCUT2D eigenvalue weighted by molar-refractivity contribution is 9.10. The minimum atomic E-state index is -0.0536. The first-order valence-corrected chi connectivity index (χ1v) is 13.4. The van der Waals surface area contributed by atoms with Crippen LogP contribution in [0.4, 0.5) is 0 Å². The van der Waals surface area contributed by atoms with E-state index in [1.54, 1.807) is 28.0 Å². The third-order valence-corrected chi connectivity index (χ3v) is 7.20. The van der Waals surface area contributed by atoms with Gasteiger partial charge < -0.3 is 29.2 Å². The Balaban J connectivity index is 0.000000414. The molecule has 2 saturated heterocycles. The van der Waals surface area contributed by atoms with Gasteiger partial charge in [0.1, 0.15) is 0 Å². The van der Waals surface area contributed by atoms with E-state index in [1.807, 2.05) is 0 Å². The van der Waals surface area contributed by atoms with Crippen LogP contribution >= 0.6 is 41.7 Å². The largest absolute Gasteiger partial charge is 0.392 e. The lowest BCUT2D eigenvalue weighted by atomic mass is 10.1. The second kappa shape index (κ2) is 18.8. The summed E-state index contributed by atoms with van der Waals surface area (Å²) in [4.78, 5) is 0. The molecule has 0 aromatic heterocycles. The summed E-state index contributed by atoms with van der Waals surface area (Å²) >= 11 is 6.91. The van der Waals surface area contributed by atoms with Gasteiger partial charge >= 0.3 is 0 Å². The number of ether oxygens (including phenoxy) is 4. The first-order chi connectivity index (χ1) is 17.6. The van der Waals surface area contributed by atoms with Crippen molar-refractivity contribution in [3.8, 4) is 0 Å². The lowest BCUT2D eigenvalue weighted by Gasteiger charge is -2.23. The lowest BCUT2D eigenvalue weighted by molar-refractivity contribution is -0.169. The standard InChI is InChI=1S/C18H25BrO4.C8H9BrO2.CH4.H3P/c19-16-11-14(12-22-17-5-1-3-9-20-17)7-8-15(16)13-23-18-6-2-4-10-21-18;9-8-3-6(4-10)1-2-7(8)5-11;;/h7-8,11,17-18H,1-6,9-10,12-13H2;1-3,10-11H,4-5H2;1H4;1H3/i;;;1D. The van der Waals surface area contributed by atoms with Gasteiger partial charge in [-0.25, -0.2) is 0 Å². The summed E-state index contributed by atoms with van der Waals surface area (Å²) in [5.74, 6) is 0. The second-order valence-corrected chi connectivity index (χ2v) is 10.1. The molecule has 3 atom stereocenters. The molecule has 9 heteroatoms. The van der Waals surface area contributed by atoms with E-state index in [-0.39, 0.29) is 33.2 Å².